The molecule has 158 valence electrons. The summed E-state index contributed by atoms with van der Waals surface area (Å²) in [6.45, 7) is 10.6. The fourth-order valence-electron chi connectivity index (χ4n) is 3.93. The summed E-state index contributed by atoms with van der Waals surface area (Å²) in [5.41, 5.74) is 0.381. The Labute approximate surface area is 167 Å². The van der Waals surface area contributed by atoms with E-state index < -0.39 is 0 Å². The van der Waals surface area contributed by atoms with Gasteiger partial charge in [-0.15, -0.1) is 0 Å². The third-order valence-electron chi connectivity index (χ3n) is 6.23. The lowest BCUT2D eigenvalue weighted by Crippen LogP contribution is -2.41. The zero-order chi connectivity index (χ0) is 19.5. The average Bonchev–Trinajstić information content (AvgIpc) is 2.61. The summed E-state index contributed by atoms with van der Waals surface area (Å²) < 4.78 is 0. The van der Waals surface area contributed by atoms with E-state index in [-0.39, 0.29) is 0 Å². The molecule has 1 heteroatoms. The van der Waals surface area contributed by atoms with E-state index in [1.54, 1.807) is 0 Å². The van der Waals surface area contributed by atoms with Gasteiger partial charge in [-0.3, -0.25) is 0 Å². The number of rotatable bonds is 20. The Morgan fingerprint density at radius 1 is 0.500 bits per heavy atom. The highest BCUT2D eigenvalue weighted by molar-refractivity contribution is 4.78. The fraction of sp³-hybridized carbons (Fsp3) is 1.00. The van der Waals surface area contributed by atoms with Crippen LogP contribution < -0.4 is 0 Å². The second-order valence-electron chi connectivity index (χ2n) is 9.29. The van der Waals surface area contributed by atoms with E-state index >= 15 is 0 Å². The molecule has 0 saturated heterocycles. The van der Waals surface area contributed by atoms with E-state index in [9.17, 15) is 0 Å². The van der Waals surface area contributed by atoms with Gasteiger partial charge in [0.25, 0.3) is 0 Å². The summed E-state index contributed by atoms with van der Waals surface area (Å²) >= 11 is 0. The van der Waals surface area contributed by atoms with Crippen molar-refractivity contribution in [3.8, 4) is 0 Å². The molecule has 0 amide bonds. The Kier molecular flexibility index (Phi) is 18.3. The van der Waals surface area contributed by atoms with E-state index in [1.165, 1.54) is 122 Å². The molecule has 0 aliphatic heterocycles. The number of nitrogens with zero attached hydrogens (tertiary/aromatic N) is 1. The molecule has 1 nitrogen and oxygen atoms in total. The van der Waals surface area contributed by atoms with Crippen LogP contribution in [0.3, 0.4) is 0 Å². The molecule has 0 saturated carbocycles. The summed E-state index contributed by atoms with van der Waals surface area (Å²) in [7, 11) is 2.29. The molecular weight excluding hydrogens is 314 g/mol. The lowest BCUT2D eigenvalue weighted by molar-refractivity contribution is 0.142. The highest BCUT2D eigenvalue weighted by atomic mass is 15.2. The number of hydrogen-bond donors (Lipinski definition) is 0. The van der Waals surface area contributed by atoms with Crippen LogP contribution in [0.25, 0.3) is 0 Å². The van der Waals surface area contributed by atoms with Gasteiger partial charge in [0.1, 0.15) is 0 Å². The summed E-state index contributed by atoms with van der Waals surface area (Å²) in [5.74, 6) is 0. The van der Waals surface area contributed by atoms with Crippen LogP contribution in [0.2, 0.25) is 0 Å². The molecule has 0 aromatic heterocycles. The van der Waals surface area contributed by atoms with Crippen LogP contribution in [0.4, 0.5) is 0 Å². The highest BCUT2D eigenvalue weighted by Gasteiger charge is 2.21. The van der Waals surface area contributed by atoms with Crippen molar-refractivity contribution in [2.24, 2.45) is 0 Å². The molecule has 26 heavy (non-hydrogen) atoms. The fourth-order valence-corrected chi connectivity index (χ4v) is 3.93. The van der Waals surface area contributed by atoms with Crippen molar-refractivity contribution >= 4 is 0 Å². The van der Waals surface area contributed by atoms with Gasteiger partial charge in [0.15, 0.2) is 0 Å². The summed E-state index contributed by atoms with van der Waals surface area (Å²) in [6.07, 6.45) is 25.9. The normalized spacial score (nSPS) is 12.2. The Hall–Kier alpha value is -0.0400. The van der Waals surface area contributed by atoms with Gasteiger partial charge >= 0.3 is 0 Å². The highest BCUT2D eigenvalue weighted by Crippen LogP contribution is 2.21. The lowest BCUT2D eigenvalue weighted by Gasteiger charge is -2.35. The molecule has 0 unspecified atom stereocenters. The van der Waals surface area contributed by atoms with Gasteiger partial charge in [0.2, 0.25) is 0 Å². The molecule has 0 N–H and O–H groups in total. The first-order valence-corrected chi connectivity index (χ1v) is 12.3. The minimum Gasteiger partial charge on any atom is -0.301 e. The van der Waals surface area contributed by atoms with E-state index in [0.29, 0.717) is 5.54 Å². The van der Waals surface area contributed by atoms with Crippen molar-refractivity contribution in [2.45, 2.75) is 149 Å². The van der Waals surface area contributed by atoms with Crippen molar-refractivity contribution in [2.75, 3.05) is 13.6 Å². The quantitative estimate of drug-likeness (QED) is 0.194. The van der Waals surface area contributed by atoms with Crippen LogP contribution in [-0.2, 0) is 0 Å². The number of unbranched alkanes of at least 4 members (excludes halogenated alkanes) is 15. The van der Waals surface area contributed by atoms with Gasteiger partial charge in [-0.25, -0.2) is 0 Å². The van der Waals surface area contributed by atoms with Gasteiger partial charge in [-0.1, -0.05) is 117 Å². The largest absolute Gasteiger partial charge is 0.301 e. The molecule has 0 radical (unpaired) electrons. The topological polar surface area (TPSA) is 3.24 Å². The Morgan fingerprint density at radius 3 is 1.19 bits per heavy atom. The SMILES string of the molecule is CCCCCCCCCCCCCCCCCCC(C)(C)N(C)CCC. The Balaban J connectivity index is 3.24. The van der Waals surface area contributed by atoms with Crippen molar-refractivity contribution in [1.29, 1.82) is 0 Å². The van der Waals surface area contributed by atoms with Gasteiger partial charge in [-0.05, 0) is 40.3 Å². The van der Waals surface area contributed by atoms with Crippen molar-refractivity contribution < 1.29 is 0 Å². The first-order chi connectivity index (χ1) is 12.5. The molecule has 0 bridgehead atoms. The molecule has 0 aliphatic carbocycles. The molecule has 0 aliphatic rings. The third kappa shape index (κ3) is 16.2. The van der Waals surface area contributed by atoms with Crippen LogP contribution in [0.5, 0.6) is 0 Å². The van der Waals surface area contributed by atoms with E-state index in [1.807, 2.05) is 0 Å². The summed E-state index contributed by atoms with van der Waals surface area (Å²) in [5, 5.41) is 0. The molecule has 0 spiro atoms. The zero-order valence-corrected chi connectivity index (χ0v) is 19.4. The van der Waals surface area contributed by atoms with Crippen molar-refractivity contribution in [3.05, 3.63) is 0 Å². The van der Waals surface area contributed by atoms with Gasteiger partial charge < -0.3 is 4.90 Å². The van der Waals surface area contributed by atoms with Crippen molar-refractivity contribution in [3.63, 3.8) is 0 Å². The predicted molar refractivity (Wildman–Crippen MR) is 121 cm³/mol. The standard InChI is InChI=1S/C25H53N/c1-6-8-9-10-11-12-13-14-15-16-17-18-19-20-21-22-23-25(3,4)26(5)24-7-2/h6-24H2,1-5H3. The van der Waals surface area contributed by atoms with Gasteiger partial charge in [0, 0.05) is 5.54 Å². The molecule has 0 atom stereocenters. The van der Waals surface area contributed by atoms with Crippen LogP contribution in [0.15, 0.2) is 0 Å². The van der Waals surface area contributed by atoms with Gasteiger partial charge in [-0.2, -0.15) is 0 Å². The van der Waals surface area contributed by atoms with E-state index in [0.717, 1.165) is 0 Å². The maximum atomic E-state index is 2.54. The first-order valence-electron chi connectivity index (χ1n) is 12.3. The second-order valence-corrected chi connectivity index (χ2v) is 9.29. The molecule has 0 fully saturated rings. The molecule has 0 heterocycles. The monoisotopic (exact) mass is 367 g/mol. The Morgan fingerprint density at radius 2 is 0.846 bits per heavy atom. The summed E-state index contributed by atoms with van der Waals surface area (Å²) in [6, 6.07) is 0. The minimum absolute atomic E-state index is 0.381. The zero-order valence-electron chi connectivity index (χ0n) is 19.4. The maximum Gasteiger partial charge on any atom is 0.0150 e. The molecule has 0 aromatic carbocycles. The Bertz CT molecular complexity index is 271. The van der Waals surface area contributed by atoms with Crippen LogP contribution >= 0.6 is 0 Å². The average molecular weight is 368 g/mol. The second kappa shape index (κ2) is 18.3. The first kappa shape index (κ1) is 26.0. The predicted octanol–water partition coefficient (Wildman–Crippen LogP) is 8.76. The smallest absolute Gasteiger partial charge is 0.0150 e. The van der Waals surface area contributed by atoms with Crippen LogP contribution in [0, 0.1) is 0 Å². The lowest BCUT2D eigenvalue weighted by atomic mass is 9.94. The van der Waals surface area contributed by atoms with Crippen molar-refractivity contribution in [1.82, 2.24) is 4.90 Å². The van der Waals surface area contributed by atoms with Gasteiger partial charge in [0.05, 0.1) is 0 Å². The van der Waals surface area contributed by atoms with E-state index in [4.69, 9.17) is 0 Å². The third-order valence-corrected chi connectivity index (χ3v) is 6.23. The maximum absolute atomic E-state index is 2.54. The molecule has 0 rings (SSSR count). The molecular formula is C25H53N. The van der Waals surface area contributed by atoms with Crippen LogP contribution in [-0.4, -0.2) is 24.0 Å². The number of hydrogen-bond acceptors (Lipinski definition) is 1. The van der Waals surface area contributed by atoms with Crippen LogP contribution in [0.1, 0.15) is 143 Å². The summed E-state index contributed by atoms with van der Waals surface area (Å²) in [4.78, 5) is 2.54. The minimum atomic E-state index is 0.381. The van der Waals surface area contributed by atoms with E-state index in [2.05, 4.69) is 39.6 Å². The molecule has 0 aromatic rings.